The minimum atomic E-state index is -0.220. The van der Waals surface area contributed by atoms with E-state index in [1.54, 1.807) is 4.68 Å². The molecule has 0 fully saturated rings. The van der Waals surface area contributed by atoms with Crippen LogP contribution in [-0.2, 0) is 5.75 Å². The van der Waals surface area contributed by atoms with Gasteiger partial charge in [0.25, 0.3) is 11.3 Å². The van der Waals surface area contributed by atoms with Gasteiger partial charge in [0.1, 0.15) is 0 Å². The molecule has 0 aliphatic rings. The van der Waals surface area contributed by atoms with Gasteiger partial charge < -0.3 is 0 Å². The van der Waals surface area contributed by atoms with Crippen molar-refractivity contribution in [3.63, 3.8) is 0 Å². The fourth-order valence-corrected chi connectivity index (χ4v) is 3.65. The fraction of sp³-hybridized carbons (Fsp3) is 0.0526. The van der Waals surface area contributed by atoms with Crippen molar-refractivity contribution in [2.45, 2.75) is 10.9 Å². The summed E-state index contributed by atoms with van der Waals surface area (Å²) in [6, 6.07) is 20.7. The van der Waals surface area contributed by atoms with Gasteiger partial charge in [-0.15, -0.1) is 5.10 Å². The number of rotatable bonds is 5. The van der Waals surface area contributed by atoms with Crippen LogP contribution < -0.4 is 5.56 Å². The Bertz CT molecular complexity index is 1330. The Hall–Kier alpha value is -3.79. The van der Waals surface area contributed by atoms with Crippen LogP contribution in [0.5, 0.6) is 0 Å². The molecule has 5 aromatic rings. The molecular formula is C19H14N8OS. The van der Waals surface area contributed by atoms with E-state index >= 15 is 0 Å². The van der Waals surface area contributed by atoms with Crippen LogP contribution in [0.1, 0.15) is 5.69 Å². The second kappa shape index (κ2) is 7.32. The lowest BCUT2D eigenvalue weighted by molar-refractivity contribution is 0.756. The largest absolute Gasteiger partial charge is 0.274 e. The van der Waals surface area contributed by atoms with Gasteiger partial charge in [0.05, 0.1) is 11.4 Å². The SMILES string of the molecule is O=c1cc(CSc2nnnn2-c2ccccc2)nc2nc(-c3ccccc3)[nH]n12. The topological polar surface area (TPSA) is 107 Å². The summed E-state index contributed by atoms with van der Waals surface area (Å²) in [7, 11) is 0. The number of nitrogens with one attached hydrogen (secondary N) is 1. The Balaban J connectivity index is 1.42. The highest BCUT2D eigenvalue weighted by molar-refractivity contribution is 7.98. The lowest BCUT2D eigenvalue weighted by atomic mass is 10.2. The molecule has 0 saturated heterocycles. The Kier molecular flexibility index (Phi) is 4.37. The first-order valence-electron chi connectivity index (χ1n) is 8.79. The van der Waals surface area contributed by atoms with Gasteiger partial charge in [-0.25, -0.2) is 4.98 Å². The molecule has 0 amide bonds. The van der Waals surface area contributed by atoms with Crippen molar-refractivity contribution in [1.29, 1.82) is 0 Å². The molecule has 0 bridgehead atoms. The summed E-state index contributed by atoms with van der Waals surface area (Å²) in [6.07, 6.45) is 0. The third-order valence-corrected chi connectivity index (χ3v) is 5.17. The number of aromatic nitrogens is 8. The van der Waals surface area contributed by atoms with E-state index in [1.165, 1.54) is 22.3 Å². The van der Waals surface area contributed by atoms with Gasteiger partial charge in [-0.3, -0.25) is 9.89 Å². The third-order valence-electron chi connectivity index (χ3n) is 4.22. The van der Waals surface area contributed by atoms with Crippen LogP contribution in [0.15, 0.2) is 76.7 Å². The summed E-state index contributed by atoms with van der Waals surface area (Å²) in [4.78, 5) is 21.5. The molecule has 10 heteroatoms. The van der Waals surface area contributed by atoms with E-state index in [-0.39, 0.29) is 5.56 Å². The Labute approximate surface area is 168 Å². The average molecular weight is 402 g/mol. The maximum Gasteiger partial charge on any atom is 0.274 e. The molecule has 29 heavy (non-hydrogen) atoms. The summed E-state index contributed by atoms with van der Waals surface area (Å²) >= 11 is 1.40. The van der Waals surface area contributed by atoms with Crippen molar-refractivity contribution < 1.29 is 0 Å². The van der Waals surface area contributed by atoms with Crippen molar-refractivity contribution in [3.05, 3.63) is 82.8 Å². The smallest absolute Gasteiger partial charge is 0.271 e. The van der Waals surface area contributed by atoms with Crippen LogP contribution in [-0.4, -0.2) is 39.8 Å². The number of thioether (sulfide) groups is 1. The van der Waals surface area contributed by atoms with E-state index in [0.29, 0.717) is 28.2 Å². The molecular weight excluding hydrogens is 388 g/mol. The molecule has 0 spiro atoms. The predicted molar refractivity (Wildman–Crippen MR) is 108 cm³/mol. The number of H-pyrrole nitrogens is 1. The second-order valence-corrected chi connectivity index (χ2v) is 7.10. The first-order chi connectivity index (χ1) is 14.3. The third kappa shape index (κ3) is 3.41. The van der Waals surface area contributed by atoms with E-state index in [4.69, 9.17) is 0 Å². The first kappa shape index (κ1) is 17.3. The van der Waals surface area contributed by atoms with Gasteiger partial charge in [0.2, 0.25) is 5.16 Å². The number of hydrogen-bond donors (Lipinski definition) is 1. The molecule has 0 unspecified atom stereocenters. The van der Waals surface area contributed by atoms with Crippen LogP contribution in [0, 0.1) is 0 Å². The van der Waals surface area contributed by atoms with Crippen molar-refractivity contribution in [1.82, 2.24) is 39.8 Å². The monoisotopic (exact) mass is 402 g/mol. The molecule has 1 N–H and O–H groups in total. The number of tetrazole rings is 1. The fourth-order valence-electron chi connectivity index (χ4n) is 2.87. The summed E-state index contributed by atoms with van der Waals surface area (Å²) < 4.78 is 2.99. The number of aromatic amines is 1. The highest BCUT2D eigenvalue weighted by Crippen LogP contribution is 2.21. The number of para-hydroxylation sites is 1. The Morgan fingerprint density at radius 3 is 2.52 bits per heavy atom. The summed E-state index contributed by atoms with van der Waals surface area (Å²) in [5, 5.41) is 15.5. The van der Waals surface area contributed by atoms with Gasteiger partial charge in [-0.1, -0.05) is 60.3 Å². The van der Waals surface area contributed by atoms with Crippen LogP contribution in [0.3, 0.4) is 0 Å². The normalized spacial score (nSPS) is 11.2. The average Bonchev–Trinajstić information content (AvgIpc) is 3.41. The second-order valence-electron chi connectivity index (χ2n) is 6.16. The van der Waals surface area contributed by atoms with Crippen LogP contribution in [0.2, 0.25) is 0 Å². The van der Waals surface area contributed by atoms with Crippen LogP contribution in [0.4, 0.5) is 0 Å². The summed E-state index contributed by atoms with van der Waals surface area (Å²) in [6.45, 7) is 0. The van der Waals surface area contributed by atoms with Crippen molar-refractivity contribution in [3.8, 4) is 17.1 Å². The van der Waals surface area contributed by atoms with Crippen molar-refractivity contribution >= 4 is 17.5 Å². The molecule has 0 aliphatic heterocycles. The molecule has 0 saturated carbocycles. The van der Waals surface area contributed by atoms with Gasteiger partial charge in [-0.2, -0.15) is 14.2 Å². The number of fused-ring (bicyclic) bond motifs is 1. The van der Waals surface area contributed by atoms with Crippen LogP contribution >= 0.6 is 11.8 Å². The zero-order chi connectivity index (χ0) is 19.6. The summed E-state index contributed by atoms with van der Waals surface area (Å²) in [5.41, 5.74) is 2.13. The predicted octanol–water partition coefficient (Wildman–Crippen LogP) is 2.35. The van der Waals surface area contributed by atoms with E-state index in [2.05, 4.69) is 30.6 Å². The van der Waals surface area contributed by atoms with Gasteiger partial charge in [0, 0.05) is 17.4 Å². The molecule has 9 nitrogen and oxygen atoms in total. The molecule has 2 aromatic carbocycles. The van der Waals surface area contributed by atoms with Crippen LogP contribution in [0.25, 0.3) is 22.9 Å². The highest BCUT2D eigenvalue weighted by Gasteiger charge is 2.12. The highest BCUT2D eigenvalue weighted by atomic mass is 32.2. The number of nitrogens with zero attached hydrogens (tertiary/aromatic N) is 7. The molecule has 0 aliphatic carbocycles. The lowest BCUT2D eigenvalue weighted by Gasteiger charge is -2.03. The Morgan fingerprint density at radius 1 is 0.966 bits per heavy atom. The van der Waals surface area contributed by atoms with E-state index in [0.717, 1.165) is 11.3 Å². The molecule has 142 valence electrons. The molecule has 5 rings (SSSR count). The van der Waals surface area contributed by atoms with Crippen molar-refractivity contribution in [2.75, 3.05) is 0 Å². The zero-order valence-corrected chi connectivity index (χ0v) is 15.8. The standard InChI is InChI=1S/C19H14N8OS/c28-16-11-14(12-29-19-22-24-25-26(19)15-9-5-2-6-10-15)20-18-21-17(23-27(16)18)13-7-3-1-4-8-13/h1-11H,12H2,(H,20,21,23). The van der Waals surface area contributed by atoms with Gasteiger partial charge in [-0.05, 0) is 22.6 Å². The Morgan fingerprint density at radius 2 is 1.72 bits per heavy atom. The number of benzene rings is 2. The maximum absolute atomic E-state index is 12.5. The molecule has 3 aromatic heterocycles. The number of hydrogen-bond acceptors (Lipinski definition) is 7. The molecule has 0 atom stereocenters. The van der Waals surface area contributed by atoms with E-state index in [1.807, 2.05) is 60.7 Å². The first-order valence-corrected chi connectivity index (χ1v) is 9.77. The molecule has 3 heterocycles. The van der Waals surface area contributed by atoms with E-state index < -0.39 is 0 Å². The zero-order valence-electron chi connectivity index (χ0n) is 15.0. The minimum Gasteiger partial charge on any atom is -0.271 e. The molecule has 0 radical (unpaired) electrons. The maximum atomic E-state index is 12.5. The van der Waals surface area contributed by atoms with Gasteiger partial charge in [0.15, 0.2) is 5.82 Å². The lowest BCUT2D eigenvalue weighted by Crippen LogP contribution is -2.15. The van der Waals surface area contributed by atoms with E-state index in [9.17, 15) is 4.79 Å². The van der Waals surface area contributed by atoms with Crippen molar-refractivity contribution in [2.24, 2.45) is 0 Å². The quantitative estimate of drug-likeness (QED) is 0.450. The minimum absolute atomic E-state index is 0.220. The summed E-state index contributed by atoms with van der Waals surface area (Å²) in [5.74, 6) is 1.36. The van der Waals surface area contributed by atoms with Gasteiger partial charge >= 0.3 is 0 Å².